The quantitative estimate of drug-likeness (QED) is 0.325. The highest BCUT2D eigenvalue weighted by Crippen LogP contribution is 2.37. The van der Waals surface area contributed by atoms with Crippen LogP contribution in [0.3, 0.4) is 0 Å². The molecule has 0 spiro atoms. The van der Waals surface area contributed by atoms with Crippen LogP contribution in [0.2, 0.25) is 0 Å². The van der Waals surface area contributed by atoms with Crippen molar-refractivity contribution in [2.75, 3.05) is 27.8 Å². The maximum atomic E-state index is 13.8. The number of rotatable bonds is 7. The molecule has 0 saturated carbocycles. The van der Waals surface area contributed by atoms with Crippen LogP contribution in [0.15, 0.2) is 64.8 Å². The van der Waals surface area contributed by atoms with Crippen LogP contribution in [-0.2, 0) is 4.79 Å². The Balaban J connectivity index is 0.00000176. The first-order chi connectivity index (χ1) is 15.5. The Hall–Kier alpha value is -2.25. The summed E-state index contributed by atoms with van der Waals surface area (Å²) in [6, 6.07) is 6.43. The summed E-state index contributed by atoms with van der Waals surface area (Å²) in [4.78, 5) is 14.3. The van der Waals surface area contributed by atoms with Gasteiger partial charge in [0, 0.05) is 17.2 Å². The number of nitrogens with one attached hydrogen (secondary N) is 1. The predicted molar refractivity (Wildman–Crippen MR) is 131 cm³/mol. The van der Waals surface area contributed by atoms with Gasteiger partial charge in [-0.05, 0) is 70.5 Å². The molecule has 1 amide bonds. The summed E-state index contributed by atoms with van der Waals surface area (Å²) in [5.74, 6) is -0.415. The van der Waals surface area contributed by atoms with Crippen molar-refractivity contribution in [3.63, 3.8) is 0 Å². The van der Waals surface area contributed by atoms with Crippen molar-refractivity contribution in [2.45, 2.75) is 43.8 Å². The minimum atomic E-state index is -0.301. The Kier molecular flexibility index (Phi) is 11.4. The van der Waals surface area contributed by atoms with Crippen LogP contribution in [-0.4, -0.2) is 48.9 Å². The van der Waals surface area contributed by atoms with E-state index in [0.717, 1.165) is 38.6 Å². The number of allylic oxidation sites excluding steroid dienone is 6. The number of halogens is 2. The van der Waals surface area contributed by atoms with Gasteiger partial charge in [0.2, 0.25) is 5.91 Å². The average molecular weight is 462 g/mol. The number of benzene rings is 1. The van der Waals surface area contributed by atoms with E-state index < -0.39 is 0 Å². The number of carbonyl (C=O) groups is 1. The molecule has 0 aliphatic heterocycles. The molecule has 0 aromatic heterocycles. The van der Waals surface area contributed by atoms with Crippen molar-refractivity contribution in [2.24, 2.45) is 5.10 Å². The molecule has 0 heterocycles. The number of hydrazone groups is 1. The van der Waals surface area contributed by atoms with Gasteiger partial charge in [0.1, 0.15) is 10.9 Å². The van der Waals surface area contributed by atoms with Crippen LogP contribution < -0.4 is 5.43 Å². The molecule has 1 unspecified atom stereocenters. The summed E-state index contributed by atoms with van der Waals surface area (Å²) >= 11 is 1.63. The fourth-order valence-electron chi connectivity index (χ4n) is 3.63. The topological polar surface area (TPSA) is 44.7 Å². The van der Waals surface area contributed by atoms with Crippen molar-refractivity contribution in [3.8, 4) is 0 Å². The normalized spacial score (nSPS) is 18.1. The van der Waals surface area contributed by atoms with Crippen LogP contribution >= 0.6 is 11.8 Å². The van der Waals surface area contributed by atoms with Gasteiger partial charge in [-0.3, -0.25) is 9.18 Å². The number of thioether (sulfide) groups is 1. The lowest BCUT2D eigenvalue weighted by Gasteiger charge is -2.25. The summed E-state index contributed by atoms with van der Waals surface area (Å²) in [5, 5.41) is 5.42. The Morgan fingerprint density at radius 3 is 2.84 bits per heavy atom. The van der Waals surface area contributed by atoms with Crippen LogP contribution in [0.1, 0.15) is 44.1 Å². The molecule has 1 atom stereocenters. The van der Waals surface area contributed by atoms with E-state index in [1.54, 1.807) is 17.8 Å². The number of amides is 1. The minimum absolute atomic E-state index is 0.113. The maximum absolute atomic E-state index is 13.8. The molecule has 0 bridgehead atoms. The first-order valence-electron chi connectivity index (χ1n) is 10.9. The Morgan fingerprint density at radius 2 is 2.09 bits per heavy atom. The van der Waals surface area contributed by atoms with Gasteiger partial charge in [-0.15, -0.1) is 11.8 Å². The van der Waals surface area contributed by atoms with Crippen molar-refractivity contribution in [1.29, 1.82) is 0 Å². The van der Waals surface area contributed by atoms with Gasteiger partial charge in [-0.2, -0.15) is 5.10 Å². The molecule has 0 saturated heterocycles. The average Bonchev–Trinajstić information content (AvgIpc) is 3.02. The van der Waals surface area contributed by atoms with E-state index in [9.17, 15) is 13.6 Å². The second-order valence-corrected chi connectivity index (χ2v) is 9.26. The first kappa shape index (κ1) is 26.0. The van der Waals surface area contributed by atoms with Gasteiger partial charge >= 0.3 is 0 Å². The zero-order valence-electron chi connectivity index (χ0n) is 19.1. The van der Waals surface area contributed by atoms with Crippen LogP contribution in [0.5, 0.6) is 0 Å². The molecule has 4 nitrogen and oxygen atoms in total. The lowest BCUT2D eigenvalue weighted by molar-refractivity contribution is -0.121. The van der Waals surface area contributed by atoms with Crippen LogP contribution in [0, 0.1) is 5.82 Å². The van der Waals surface area contributed by atoms with E-state index in [2.05, 4.69) is 34.8 Å². The number of alkyl halides is 1. The second-order valence-electron chi connectivity index (χ2n) is 7.97. The summed E-state index contributed by atoms with van der Waals surface area (Å²) in [5.41, 5.74) is 6.29. The Morgan fingerprint density at radius 1 is 1.28 bits per heavy atom. The fourth-order valence-corrected chi connectivity index (χ4v) is 4.81. The van der Waals surface area contributed by atoms with E-state index in [4.69, 9.17) is 0 Å². The lowest BCUT2D eigenvalue weighted by atomic mass is 9.90. The fraction of sp³-hybridized carbons (Fsp3) is 0.440. The van der Waals surface area contributed by atoms with E-state index in [1.165, 1.54) is 23.3 Å². The maximum Gasteiger partial charge on any atom is 0.240 e. The standard InChI is InChI=1S/C24H30FN3OS.CH3F/c1-28(2)15-7-12-23(29)26-27-24(20-10-6-11-21(25)16-20)30-22-14-13-18-8-4-3-5-9-19(18)17-22;1-2/h3-6,9-11,16,22H,7-8,12-15,17H2,1-2H3,(H,26,29);1H3/b27-24-;. The molecule has 1 N–H and O–H groups in total. The molecule has 2 aliphatic rings. The number of hydrogen-bond acceptors (Lipinski definition) is 4. The molecule has 7 heteroatoms. The molecule has 0 fully saturated rings. The minimum Gasteiger partial charge on any atom is -0.309 e. The largest absolute Gasteiger partial charge is 0.309 e. The molecule has 0 radical (unpaired) electrons. The molecule has 3 rings (SSSR count). The Labute approximate surface area is 194 Å². The number of hydrogen-bond donors (Lipinski definition) is 1. The summed E-state index contributed by atoms with van der Waals surface area (Å²) < 4.78 is 23.3. The zero-order chi connectivity index (χ0) is 23.3. The second kappa shape index (κ2) is 14.0. The highest BCUT2D eigenvalue weighted by atomic mass is 32.2. The lowest BCUT2D eigenvalue weighted by Crippen LogP contribution is -2.22. The monoisotopic (exact) mass is 461 g/mol. The number of carbonyl (C=O) groups excluding carboxylic acids is 1. The first-order valence-corrected chi connectivity index (χ1v) is 11.7. The van der Waals surface area contributed by atoms with E-state index >= 15 is 0 Å². The van der Waals surface area contributed by atoms with Crippen molar-refractivity contribution in [1.82, 2.24) is 10.3 Å². The highest BCUT2D eigenvalue weighted by Gasteiger charge is 2.23. The zero-order valence-corrected chi connectivity index (χ0v) is 19.9. The van der Waals surface area contributed by atoms with Crippen LogP contribution in [0.4, 0.5) is 8.78 Å². The van der Waals surface area contributed by atoms with E-state index in [0.29, 0.717) is 29.5 Å². The molecular weight excluding hydrogens is 428 g/mol. The van der Waals surface area contributed by atoms with Gasteiger partial charge < -0.3 is 4.90 Å². The van der Waals surface area contributed by atoms with Gasteiger partial charge in [0.15, 0.2) is 0 Å². The molecular formula is C25H33F2N3OS. The molecule has 1 aromatic carbocycles. The van der Waals surface area contributed by atoms with Crippen molar-refractivity contribution >= 4 is 22.7 Å². The Bertz CT molecular complexity index is 878. The summed E-state index contributed by atoms with van der Waals surface area (Å²) in [6.07, 6.45) is 13.9. The van der Waals surface area contributed by atoms with Gasteiger partial charge in [-0.1, -0.05) is 42.0 Å². The molecule has 32 heavy (non-hydrogen) atoms. The highest BCUT2D eigenvalue weighted by molar-refractivity contribution is 8.15. The van der Waals surface area contributed by atoms with Gasteiger partial charge in [-0.25, -0.2) is 9.82 Å². The molecule has 2 aliphatic carbocycles. The molecule has 174 valence electrons. The third-order valence-electron chi connectivity index (χ3n) is 5.22. The van der Waals surface area contributed by atoms with Crippen molar-refractivity contribution < 1.29 is 13.6 Å². The van der Waals surface area contributed by atoms with Crippen molar-refractivity contribution in [3.05, 3.63) is 71.1 Å². The summed E-state index contributed by atoms with van der Waals surface area (Å²) in [6.45, 7) is 0.852. The smallest absolute Gasteiger partial charge is 0.240 e. The van der Waals surface area contributed by atoms with E-state index in [-0.39, 0.29) is 11.7 Å². The van der Waals surface area contributed by atoms with Crippen LogP contribution in [0.25, 0.3) is 0 Å². The predicted octanol–water partition coefficient (Wildman–Crippen LogP) is 5.63. The number of nitrogens with zero attached hydrogens (tertiary/aromatic N) is 2. The summed E-state index contributed by atoms with van der Waals surface area (Å²) in [7, 11) is 4.47. The molecule has 1 aromatic rings. The third-order valence-corrected chi connectivity index (χ3v) is 6.51. The van der Waals surface area contributed by atoms with Gasteiger partial charge in [0.25, 0.3) is 0 Å². The van der Waals surface area contributed by atoms with Gasteiger partial charge in [0.05, 0.1) is 7.18 Å². The van der Waals surface area contributed by atoms with E-state index in [1.807, 2.05) is 25.1 Å². The SMILES string of the molecule is CF.CN(C)CCCC(=O)N/N=C(\SC1CCC2=C(C=CC=CC2)C1)c1cccc(F)c1. The third kappa shape index (κ3) is 8.71.